The summed E-state index contributed by atoms with van der Waals surface area (Å²) in [5.41, 5.74) is 0.291. The molecule has 0 spiro atoms. The number of amides is 1. The van der Waals surface area contributed by atoms with Crippen LogP contribution in [0.15, 0.2) is 18.2 Å². The fraction of sp³-hybridized carbons (Fsp3) is 0.462. The zero-order valence-corrected chi connectivity index (χ0v) is 11.8. The second-order valence-electron chi connectivity index (χ2n) is 5.05. The summed E-state index contributed by atoms with van der Waals surface area (Å²) in [5.74, 6) is 0.339. The van der Waals surface area contributed by atoms with Gasteiger partial charge in [0, 0.05) is 12.1 Å². The second-order valence-corrected chi connectivity index (χ2v) is 5.45. The van der Waals surface area contributed by atoms with Crippen LogP contribution < -0.4 is 10.6 Å². The van der Waals surface area contributed by atoms with E-state index in [1.165, 1.54) is 18.2 Å². The molecule has 0 aliphatic carbocycles. The third kappa shape index (κ3) is 3.46. The number of benzene rings is 1. The minimum Gasteiger partial charge on any atom is -0.323 e. The lowest BCUT2D eigenvalue weighted by Crippen LogP contribution is -2.45. The van der Waals surface area contributed by atoms with Crippen LogP contribution in [0.4, 0.5) is 11.4 Å². The van der Waals surface area contributed by atoms with E-state index in [0.717, 1.165) is 19.4 Å². The van der Waals surface area contributed by atoms with Crippen molar-refractivity contribution in [2.24, 2.45) is 5.92 Å². The summed E-state index contributed by atoms with van der Waals surface area (Å²) in [6.45, 7) is 2.92. The Morgan fingerprint density at radius 3 is 2.90 bits per heavy atom. The van der Waals surface area contributed by atoms with E-state index in [2.05, 4.69) is 17.6 Å². The first-order valence-corrected chi connectivity index (χ1v) is 6.83. The number of non-ortho nitro benzene ring substituents is 1. The number of carbonyl (C=O) groups is 1. The Labute approximate surface area is 121 Å². The zero-order valence-electron chi connectivity index (χ0n) is 11.1. The van der Waals surface area contributed by atoms with Gasteiger partial charge in [0.2, 0.25) is 5.91 Å². The number of carbonyl (C=O) groups excluding carboxylic acids is 1. The maximum Gasteiger partial charge on any atom is 0.271 e. The molecule has 1 heterocycles. The van der Waals surface area contributed by atoms with Gasteiger partial charge in [-0.25, -0.2) is 0 Å². The molecule has 0 bridgehead atoms. The van der Waals surface area contributed by atoms with Gasteiger partial charge in [0.15, 0.2) is 0 Å². The minimum atomic E-state index is -0.526. The number of rotatable bonds is 3. The molecule has 7 heteroatoms. The molecule has 2 unspecified atom stereocenters. The lowest BCUT2D eigenvalue weighted by Gasteiger charge is -2.27. The first-order valence-electron chi connectivity index (χ1n) is 6.45. The van der Waals surface area contributed by atoms with E-state index in [1.54, 1.807) is 0 Å². The lowest BCUT2D eigenvalue weighted by molar-refractivity contribution is -0.384. The summed E-state index contributed by atoms with van der Waals surface area (Å²) in [4.78, 5) is 22.2. The molecule has 0 saturated carbocycles. The van der Waals surface area contributed by atoms with Crippen molar-refractivity contribution in [3.8, 4) is 0 Å². The maximum atomic E-state index is 12.1. The highest BCUT2D eigenvalue weighted by molar-refractivity contribution is 6.34. The molecule has 2 atom stereocenters. The van der Waals surface area contributed by atoms with Crippen molar-refractivity contribution in [3.05, 3.63) is 33.3 Å². The summed E-state index contributed by atoms with van der Waals surface area (Å²) in [6, 6.07) is 3.75. The molecule has 0 radical (unpaired) electrons. The molecular formula is C13H16ClN3O3. The fourth-order valence-electron chi connectivity index (χ4n) is 2.25. The van der Waals surface area contributed by atoms with Crippen LogP contribution in [0.1, 0.15) is 19.8 Å². The highest BCUT2D eigenvalue weighted by atomic mass is 35.5. The first-order chi connectivity index (χ1) is 9.47. The molecule has 1 amide bonds. The van der Waals surface area contributed by atoms with Gasteiger partial charge in [0.05, 0.1) is 21.7 Å². The predicted octanol–water partition coefficient (Wildman–Crippen LogP) is 2.57. The van der Waals surface area contributed by atoms with Gasteiger partial charge in [-0.15, -0.1) is 0 Å². The molecule has 2 N–H and O–H groups in total. The predicted molar refractivity (Wildman–Crippen MR) is 76.9 cm³/mol. The number of nitrogens with one attached hydrogen (secondary N) is 2. The summed E-state index contributed by atoms with van der Waals surface area (Å²) in [7, 11) is 0. The molecule has 1 saturated heterocycles. The van der Waals surface area contributed by atoms with E-state index in [-0.39, 0.29) is 22.7 Å². The molecule has 1 aliphatic rings. The van der Waals surface area contributed by atoms with Crippen LogP contribution in [0.3, 0.4) is 0 Å². The summed E-state index contributed by atoms with van der Waals surface area (Å²) in [5, 5.41) is 16.6. The normalized spacial score (nSPS) is 22.3. The van der Waals surface area contributed by atoms with Crippen molar-refractivity contribution in [2.75, 3.05) is 11.9 Å². The average Bonchev–Trinajstić information content (AvgIpc) is 2.40. The number of piperidine rings is 1. The van der Waals surface area contributed by atoms with E-state index < -0.39 is 4.92 Å². The van der Waals surface area contributed by atoms with Crippen LogP contribution in [-0.4, -0.2) is 23.4 Å². The smallest absolute Gasteiger partial charge is 0.271 e. The van der Waals surface area contributed by atoms with Gasteiger partial charge < -0.3 is 10.6 Å². The number of nitro benzene ring substituents is 1. The molecule has 6 nitrogen and oxygen atoms in total. The van der Waals surface area contributed by atoms with E-state index in [9.17, 15) is 14.9 Å². The van der Waals surface area contributed by atoms with E-state index in [1.807, 2.05) is 0 Å². The van der Waals surface area contributed by atoms with Crippen molar-refractivity contribution in [1.29, 1.82) is 0 Å². The van der Waals surface area contributed by atoms with Crippen LogP contribution >= 0.6 is 11.6 Å². The molecule has 1 aliphatic heterocycles. The van der Waals surface area contributed by atoms with Crippen molar-refractivity contribution in [2.45, 2.75) is 25.8 Å². The van der Waals surface area contributed by atoms with Crippen molar-refractivity contribution in [3.63, 3.8) is 0 Å². The van der Waals surface area contributed by atoms with Gasteiger partial charge in [-0.05, 0) is 31.4 Å². The molecule has 20 heavy (non-hydrogen) atoms. The van der Waals surface area contributed by atoms with Crippen molar-refractivity contribution >= 4 is 28.9 Å². The third-order valence-corrected chi connectivity index (χ3v) is 3.72. The zero-order chi connectivity index (χ0) is 14.7. The first kappa shape index (κ1) is 14.7. The van der Waals surface area contributed by atoms with Crippen LogP contribution in [0.5, 0.6) is 0 Å². The van der Waals surface area contributed by atoms with Gasteiger partial charge in [0.25, 0.3) is 5.69 Å². The number of nitrogens with zero attached hydrogens (tertiary/aromatic N) is 1. The van der Waals surface area contributed by atoms with Gasteiger partial charge in [-0.1, -0.05) is 18.5 Å². The number of nitro groups is 1. The Morgan fingerprint density at radius 2 is 2.30 bits per heavy atom. The Bertz CT molecular complexity index is 536. The molecule has 0 aromatic heterocycles. The van der Waals surface area contributed by atoms with Gasteiger partial charge >= 0.3 is 0 Å². The number of hydrogen-bond acceptors (Lipinski definition) is 4. The largest absolute Gasteiger partial charge is 0.323 e. The lowest BCUT2D eigenvalue weighted by atomic mass is 9.94. The molecule has 2 rings (SSSR count). The highest BCUT2D eigenvalue weighted by Gasteiger charge is 2.25. The highest BCUT2D eigenvalue weighted by Crippen LogP contribution is 2.27. The van der Waals surface area contributed by atoms with Crippen LogP contribution in [0, 0.1) is 16.0 Å². The Kier molecular flexibility index (Phi) is 4.57. The molecule has 1 fully saturated rings. The quantitative estimate of drug-likeness (QED) is 0.663. The SMILES string of the molecule is CC1CCNC(C(=O)Nc2ccc([N+](=O)[O-])cc2Cl)C1. The van der Waals surface area contributed by atoms with Gasteiger partial charge in [0.1, 0.15) is 0 Å². The number of hydrogen-bond donors (Lipinski definition) is 2. The standard InChI is InChI=1S/C13H16ClN3O3/c1-8-4-5-15-12(6-8)13(18)16-11-3-2-9(17(19)20)7-10(11)14/h2-3,7-8,12,15H,4-6H2,1H3,(H,16,18). The van der Waals surface area contributed by atoms with Gasteiger partial charge in [-0.3, -0.25) is 14.9 Å². The third-order valence-electron chi connectivity index (χ3n) is 3.40. The van der Waals surface area contributed by atoms with E-state index in [0.29, 0.717) is 11.6 Å². The van der Waals surface area contributed by atoms with Crippen LogP contribution in [-0.2, 0) is 4.79 Å². The summed E-state index contributed by atoms with van der Waals surface area (Å²) >= 11 is 5.95. The monoisotopic (exact) mass is 297 g/mol. The van der Waals surface area contributed by atoms with E-state index in [4.69, 9.17) is 11.6 Å². The van der Waals surface area contributed by atoms with E-state index >= 15 is 0 Å². The molecule has 108 valence electrons. The van der Waals surface area contributed by atoms with Crippen LogP contribution in [0.25, 0.3) is 0 Å². The average molecular weight is 298 g/mol. The molecule has 1 aromatic carbocycles. The minimum absolute atomic E-state index is 0.0996. The van der Waals surface area contributed by atoms with Gasteiger partial charge in [-0.2, -0.15) is 0 Å². The summed E-state index contributed by atoms with van der Waals surface area (Å²) < 4.78 is 0. The summed E-state index contributed by atoms with van der Waals surface area (Å²) in [6.07, 6.45) is 1.83. The van der Waals surface area contributed by atoms with Crippen LogP contribution in [0.2, 0.25) is 5.02 Å². The molecular weight excluding hydrogens is 282 g/mol. The second kappa shape index (κ2) is 6.19. The van der Waals surface area contributed by atoms with Crippen molar-refractivity contribution < 1.29 is 9.72 Å². The topological polar surface area (TPSA) is 84.3 Å². The number of halogens is 1. The fourth-order valence-corrected chi connectivity index (χ4v) is 2.47. The Morgan fingerprint density at radius 1 is 1.55 bits per heavy atom. The van der Waals surface area contributed by atoms with Crippen molar-refractivity contribution in [1.82, 2.24) is 5.32 Å². The number of anilines is 1. The maximum absolute atomic E-state index is 12.1. The molecule has 1 aromatic rings. The Hall–Kier alpha value is -1.66. The Balaban J connectivity index is 2.06.